The second-order valence-corrected chi connectivity index (χ2v) is 5.19. The van der Waals surface area contributed by atoms with Gasteiger partial charge < -0.3 is 9.47 Å². The minimum absolute atomic E-state index is 0.561. The van der Waals surface area contributed by atoms with E-state index in [0.29, 0.717) is 17.1 Å². The Morgan fingerprint density at radius 3 is 1.86 bits per heavy atom. The van der Waals surface area contributed by atoms with Gasteiger partial charge in [-0.05, 0) is 55.2 Å². The van der Waals surface area contributed by atoms with E-state index in [9.17, 15) is 4.79 Å². The summed E-state index contributed by atoms with van der Waals surface area (Å²) in [6, 6.07) is 7.83. The fourth-order valence-corrected chi connectivity index (χ4v) is 2.81. The van der Waals surface area contributed by atoms with Crippen molar-refractivity contribution >= 4 is 6.29 Å². The van der Waals surface area contributed by atoms with Crippen molar-refractivity contribution in [2.75, 3.05) is 14.2 Å². The second-order valence-electron chi connectivity index (χ2n) is 5.19. The van der Waals surface area contributed by atoms with Crippen molar-refractivity contribution in [3.8, 4) is 22.6 Å². The summed E-state index contributed by atoms with van der Waals surface area (Å²) in [5.74, 6) is 1.18. The molecule has 0 aliphatic rings. The number of hydrogen-bond donors (Lipinski definition) is 0. The molecule has 0 atom stereocenters. The summed E-state index contributed by atoms with van der Waals surface area (Å²) >= 11 is 0. The molecule has 21 heavy (non-hydrogen) atoms. The van der Waals surface area contributed by atoms with Crippen LogP contribution < -0.4 is 9.47 Å². The van der Waals surface area contributed by atoms with Crippen molar-refractivity contribution in [1.82, 2.24) is 0 Å². The van der Waals surface area contributed by atoms with Gasteiger partial charge in [-0.3, -0.25) is 4.79 Å². The van der Waals surface area contributed by atoms with Crippen molar-refractivity contribution < 1.29 is 14.3 Å². The Labute approximate surface area is 125 Å². The van der Waals surface area contributed by atoms with Gasteiger partial charge in [0.25, 0.3) is 0 Å². The van der Waals surface area contributed by atoms with Crippen LogP contribution in [0.2, 0.25) is 0 Å². The number of benzene rings is 2. The standard InChI is InChI=1S/C18H20O3/c1-11-6-12(2)18(13(3)7-11)15-9-17(21-5)16(20-4)8-14(15)10-19/h6-10H,1-5H3. The largest absolute Gasteiger partial charge is 0.493 e. The highest BCUT2D eigenvalue weighted by atomic mass is 16.5. The minimum Gasteiger partial charge on any atom is -0.493 e. The second kappa shape index (κ2) is 6.00. The highest BCUT2D eigenvalue weighted by molar-refractivity contribution is 5.91. The Morgan fingerprint density at radius 1 is 0.857 bits per heavy atom. The Hall–Kier alpha value is -2.29. The van der Waals surface area contributed by atoms with Gasteiger partial charge in [0.15, 0.2) is 17.8 Å². The van der Waals surface area contributed by atoms with E-state index in [1.807, 2.05) is 6.07 Å². The van der Waals surface area contributed by atoms with Crippen LogP contribution in [0.5, 0.6) is 11.5 Å². The molecule has 0 fully saturated rings. The Balaban J connectivity index is 2.77. The van der Waals surface area contributed by atoms with Gasteiger partial charge in [-0.15, -0.1) is 0 Å². The van der Waals surface area contributed by atoms with E-state index in [0.717, 1.165) is 28.5 Å². The summed E-state index contributed by atoms with van der Waals surface area (Å²) in [7, 11) is 3.16. The maximum absolute atomic E-state index is 11.5. The molecule has 0 N–H and O–H groups in total. The van der Waals surface area contributed by atoms with E-state index >= 15 is 0 Å². The first kappa shape index (κ1) is 15.1. The third kappa shape index (κ3) is 2.77. The van der Waals surface area contributed by atoms with E-state index in [2.05, 4.69) is 32.9 Å². The summed E-state index contributed by atoms with van der Waals surface area (Å²) in [5, 5.41) is 0. The maximum Gasteiger partial charge on any atom is 0.161 e. The van der Waals surface area contributed by atoms with Gasteiger partial charge >= 0.3 is 0 Å². The average molecular weight is 284 g/mol. The lowest BCUT2D eigenvalue weighted by atomic mass is 9.91. The molecule has 0 aromatic heterocycles. The van der Waals surface area contributed by atoms with E-state index in [1.54, 1.807) is 20.3 Å². The lowest BCUT2D eigenvalue weighted by Crippen LogP contribution is -1.98. The van der Waals surface area contributed by atoms with E-state index < -0.39 is 0 Å². The van der Waals surface area contributed by atoms with Gasteiger partial charge in [0.05, 0.1) is 14.2 Å². The molecule has 2 rings (SSSR count). The third-order valence-electron chi connectivity index (χ3n) is 3.63. The maximum atomic E-state index is 11.5. The fourth-order valence-electron chi connectivity index (χ4n) is 2.81. The van der Waals surface area contributed by atoms with Crippen LogP contribution in [0, 0.1) is 20.8 Å². The molecule has 0 bridgehead atoms. The van der Waals surface area contributed by atoms with Crippen LogP contribution in [0.4, 0.5) is 0 Å². The predicted octanol–water partition coefficient (Wildman–Crippen LogP) is 4.11. The van der Waals surface area contributed by atoms with Crippen molar-refractivity contribution in [3.63, 3.8) is 0 Å². The lowest BCUT2D eigenvalue weighted by molar-refractivity contribution is 0.112. The molecule has 0 saturated carbocycles. The van der Waals surface area contributed by atoms with Crippen molar-refractivity contribution in [2.45, 2.75) is 20.8 Å². The van der Waals surface area contributed by atoms with Gasteiger partial charge in [0.1, 0.15) is 0 Å². The topological polar surface area (TPSA) is 35.5 Å². The number of rotatable bonds is 4. The summed E-state index contributed by atoms with van der Waals surface area (Å²) in [4.78, 5) is 11.5. The zero-order chi connectivity index (χ0) is 15.6. The van der Waals surface area contributed by atoms with E-state index in [4.69, 9.17) is 9.47 Å². The Kier molecular flexibility index (Phi) is 4.32. The van der Waals surface area contributed by atoms with E-state index in [-0.39, 0.29) is 0 Å². The number of carbonyl (C=O) groups excluding carboxylic acids is 1. The van der Waals surface area contributed by atoms with Gasteiger partial charge in [-0.1, -0.05) is 17.7 Å². The van der Waals surface area contributed by atoms with Crippen LogP contribution in [0.1, 0.15) is 27.0 Å². The number of aryl methyl sites for hydroxylation is 3. The summed E-state index contributed by atoms with van der Waals surface area (Å²) in [5.41, 5.74) is 6.04. The molecule has 0 heterocycles. The quantitative estimate of drug-likeness (QED) is 0.793. The molecule has 110 valence electrons. The Bertz CT molecular complexity index is 664. The first-order valence-electron chi connectivity index (χ1n) is 6.81. The normalized spacial score (nSPS) is 10.3. The number of aldehydes is 1. The summed E-state index contributed by atoms with van der Waals surface area (Å²) in [6.07, 6.45) is 0.857. The first-order valence-corrected chi connectivity index (χ1v) is 6.81. The number of ether oxygens (including phenoxy) is 2. The van der Waals surface area contributed by atoms with Crippen LogP contribution in [0.3, 0.4) is 0 Å². The predicted molar refractivity (Wildman–Crippen MR) is 84.6 cm³/mol. The van der Waals surface area contributed by atoms with Gasteiger partial charge in [-0.2, -0.15) is 0 Å². The van der Waals surface area contributed by atoms with Crippen molar-refractivity contribution in [1.29, 1.82) is 0 Å². The molecule has 0 saturated heterocycles. The van der Waals surface area contributed by atoms with Crippen LogP contribution in [-0.4, -0.2) is 20.5 Å². The third-order valence-corrected chi connectivity index (χ3v) is 3.63. The van der Waals surface area contributed by atoms with Gasteiger partial charge in [0.2, 0.25) is 0 Å². The zero-order valence-corrected chi connectivity index (χ0v) is 13.1. The van der Waals surface area contributed by atoms with Crippen LogP contribution in [0.25, 0.3) is 11.1 Å². The molecular formula is C18H20O3. The average Bonchev–Trinajstić information content (AvgIpc) is 2.45. The lowest BCUT2D eigenvalue weighted by Gasteiger charge is -2.16. The smallest absolute Gasteiger partial charge is 0.161 e. The first-order chi connectivity index (χ1) is 10.0. The van der Waals surface area contributed by atoms with Crippen LogP contribution in [0.15, 0.2) is 24.3 Å². The van der Waals surface area contributed by atoms with Gasteiger partial charge in [0, 0.05) is 5.56 Å². The monoisotopic (exact) mass is 284 g/mol. The molecule has 3 nitrogen and oxygen atoms in total. The van der Waals surface area contributed by atoms with Gasteiger partial charge in [-0.25, -0.2) is 0 Å². The molecule has 0 aliphatic heterocycles. The minimum atomic E-state index is 0.561. The van der Waals surface area contributed by atoms with Crippen LogP contribution in [-0.2, 0) is 0 Å². The molecule has 0 unspecified atom stereocenters. The molecule has 0 radical (unpaired) electrons. The molecule has 0 spiro atoms. The highest BCUT2D eigenvalue weighted by Gasteiger charge is 2.15. The summed E-state index contributed by atoms with van der Waals surface area (Å²) in [6.45, 7) is 6.18. The highest BCUT2D eigenvalue weighted by Crippen LogP contribution is 2.38. The number of carbonyl (C=O) groups is 1. The molecule has 0 aliphatic carbocycles. The van der Waals surface area contributed by atoms with Crippen molar-refractivity contribution in [2.24, 2.45) is 0 Å². The van der Waals surface area contributed by atoms with Crippen LogP contribution >= 0.6 is 0 Å². The van der Waals surface area contributed by atoms with E-state index in [1.165, 1.54) is 5.56 Å². The molecular weight excluding hydrogens is 264 g/mol. The SMILES string of the molecule is COc1cc(C=O)c(-c2c(C)cc(C)cc2C)cc1OC. The van der Waals surface area contributed by atoms with Crippen molar-refractivity contribution in [3.05, 3.63) is 46.5 Å². The number of hydrogen-bond acceptors (Lipinski definition) is 3. The fraction of sp³-hybridized carbons (Fsp3) is 0.278. The zero-order valence-electron chi connectivity index (χ0n) is 13.1. The number of methoxy groups -OCH3 is 2. The molecule has 3 heteroatoms. The molecule has 2 aromatic rings. The molecule has 0 amide bonds. The Morgan fingerprint density at radius 2 is 1.38 bits per heavy atom. The summed E-state index contributed by atoms with van der Waals surface area (Å²) < 4.78 is 10.6. The molecule has 2 aromatic carbocycles.